The molecular weight excluding hydrogens is 196 g/mol. The fourth-order valence-electron chi connectivity index (χ4n) is 1.24. The second kappa shape index (κ2) is 3.05. The molecule has 0 unspecified atom stereocenters. The normalized spacial score (nSPS) is 10.7. The van der Waals surface area contributed by atoms with Crippen molar-refractivity contribution < 1.29 is 4.84 Å². The van der Waals surface area contributed by atoms with Crippen LogP contribution in [0.5, 0.6) is 5.88 Å². The van der Waals surface area contributed by atoms with Crippen molar-refractivity contribution in [3.05, 3.63) is 30.5 Å². The van der Waals surface area contributed by atoms with Crippen LogP contribution in [0.15, 0.2) is 30.5 Å². The van der Waals surface area contributed by atoms with E-state index in [0.717, 1.165) is 11.0 Å². The van der Waals surface area contributed by atoms with E-state index in [2.05, 4.69) is 25.7 Å². The number of hydrogen-bond acceptors (Lipinski definition) is 5. The second-order valence-electron chi connectivity index (χ2n) is 2.85. The van der Waals surface area contributed by atoms with Gasteiger partial charge >= 0.3 is 0 Å². The smallest absolute Gasteiger partial charge is 0.286 e. The highest BCUT2D eigenvalue weighted by molar-refractivity contribution is 5.73. The minimum absolute atomic E-state index is 0.339. The first-order valence-corrected chi connectivity index (χ1v) is 4.28. The maximum atomic E-state index is 5.31. The SMILES string of the molecule is c1ccc2c(c1)nnn2Oc1cn[nH]n1. The minimum atomic E-state index is 0.339. The first-order valence-electron chi connectivity index (χ1n) is 4.28. The molecule has 2 heterocycles. The maximum Gasteiger partial charge on any atom is 0.286 e. The number of aromatic nitrogens is 6. The van der Waals surface area contributed by atoms with Crippen molar-refractivity contribution in [3.8, 4) is 5.88 Å². The molecule has 0 radical (unpaired) electrons. The molecule has 0 aliphatic carbocycles. The molecule has 7 nitrogen and oxygen atoms in total. The third kappa shape index (κ3) is 1.30. The summed E-state index contributed by atoms with van der Waals surface area (Å²) < 4.78 is 0. The van der Waals surface area contributed by atoms with Gasteiger partial charge in [-0.1, -0.05) is 17.0 Å². The van der Waals surface area contributed by atoms with Crippen molar-refractivity contribution in [1.82, 2.24) is 30.6 Å². The molecule has 0 aliphatic rings. The van der Waals surface area contributed by atoms with Gasteiger partial charge in [-0.2, -0.15) is 10.3 Å². The maximum absolute atomic E-state index is 5.31. The number of hydrogen-bond donors (Lipinski definition) is 1. The highest BCUT2D eigenvalue weighted by Crippen LogP contribution is 2.10. The van der Waals surface area contributed by atoms with Crippen molar-refractivity contribution >= 4 is 11.0 Å². The van der Waals surface area contributed by atoms with Crippen LogP contribution in [0, 0.1) is 0 Å². The van der Waals surface area contributed by atoms with E-state index in [0.29, 0.717) is 5.88 Å². The Balaban J connectivity index is 2.05. The quantitative estimate of drug-likeness (QED) is 0.650. The van der Waals surface area contributed by atoms with Gasteiger partial charge in [0.1, 0.15) is 17.2 Å². The van der Waals surface area contributed by atoms with E-state index in [9.17, 15) is 0 Å². The Morgan fingerprint density at radius 3 is 3.07 bits per heavy atom. The van der Waals surface area contributed by atoms with Crippen LogP contribution >= 0.6 is 0 Å². The average Bonchev–Trinajstić information content (AvgIpc) is 2.89. The highest BCUT2D eigenvalue weighted by atomic mass is 16.7. The summed E-state index contributed by atoms with van der Waals surface area (Å²) >= 11 is 0. The molecule has 15 heavy (non-hydrogen) atoms. The molecule has 0 aliphatic heterocycles. The number of fused-ring (bicyclic) bond motifs is 1. The van der Waals surface area contributed by atoms with E-state index < -0.39 is 0 Å². The van der Waals surface area contributed by atoms with Gasteiger partial charge in [0.2, 0.25) is 0 Å². The van der Waals surface area contributed by atoms with Gasteiger partial charge in [-0.05, 0) is 17.3 Å². The fourth-order valence-corrected chi connectivity index (χ4v) is 1.24. The average molecular weight is 202 g/mol. The predicted octanol–water partition coefficient (Wildman–Crippen LogP) is 0.391. The first kappa shape index (κ1) is 7.92. The second-order valence-corrected chi connectivity index (χ2v) is 2.85. The van der Waals surface area contributed by atoms with E-state index in [4.69, 9.17) is 4.84 Å². The zero-order valence-corrected chi connectivity index (χ0v) is 7.53. The lowest BCUT2D eigenvalue weighted by atomic mass is 10.3. The molecule has 0 saturated heterocycles. The monoisotopic (exact) mass is 202 g/mol. The Bertz CT molecular complexity index is 572. The minimum Gasteiger partial charge on any atom is -0.332 e. The van der Waals surface area contributed by atoms with Crippen LogP contribution < -0.4 is 4.84 Å². The lowest BCUT2D eigenvalue weighted by Gasteiger charge is -1.98. The summed E-state index contributed by atoms with van der Waals surface area (Å²) in [6, 6.07) is 7.48. The molecule has 3 aromatic rings. The van der Waals surface area contributed by atoms with Crippen molar-refractivity contribution in [1.29, 1.82) is 0 Å². The van der Waals surface area contributed by atoms with Gasteiger partial charge in [-0.15, -0.1) is 10.2 Å². The zero-order valence-electron chi connectivity index (χ0n) is 7.53. The van der Waals surface area contributed by atoms with Crippen LogP contribution in [0.25, 0.3) is 11.0 Å². The van der Waals surface area contributed by atoms with Gasteiger partial charge in [0.05, 0.1) is 0 Å². The van der Waals surface area contributed by atoms with Gasteiger partial charge in [0.25, 0.3) is 5.88 Å². The number of nitrogens with zero attached hydrogens (tertiary/aromatic N) is 5. The largest absolute Gasteiger partial charge is 0.332 e. The lowest BCUT2D eigenvalue weighted by Crippen LogP contribution is -2.07. The molecular formula is C8H6N6O. The van der Waals surface area contributed by atoms with Gasteiger partial charge in [-0.3, -0.25) is 0 Å². The number of benzene rings is 1. The Kier molecular flexibility index (Phi) is 1.61. The van der Waals surface area contributed by atoms with Crippen LogP contribution in [0.2, 0.25) is 0 Å². The summed E-state index contributed by atoms with van der Waals surface area (Å²) in [5, 5.41) is 17.6. The van der Waals surface area contributed by atoms with E-state index in [1.54, 1.807) is 0 Å². The molecule has 3 rings (SSSR count). The van der Waals surface area contributed by atoms with Gasteiger partial charge in [-0.25, -0.2) is 0 Å². The third-order valence-electron chi connectivity index (χ3n) is 1.89. The van der Waals surface area contributed by atoms with Crippen molar-refractivity contribution in [2.45, 2.75) is 0 Å². The Morgan fingerprint density at radius 1 is 1.27 bits per heavy atom. The summed E-state index contributed by atoms with van der Waals surface area (Å²) in [4.78, 5) is 6.61. The fraction of sp³-hybridized carbons (Fsp3) is 0. The van der Waals surface area contributed by atoms with Crippen molar-refractivity contribution in [3.63, 3.8) is 0 Å². The Morgan fingerprint density at radius 2 is 2.20 bits per heavy atom. The molecule has 0 atom stereocenters. The van der Waals surface area contributed by atoms with Gasteiger partial charge < -0.3 is 4.84 Å². The van der Waals surface area contributed by atoms with Crippen molar-refractivity contribution in [2.75, 3.05) is 0 Å². The third-order valence-corrected chi connectivity index (χ3v) is 1.89. The van der Waals surface area contributed by atoms with E-state index in [1.807, 2.05) is 24.3 Å². The molecule has 1 N–H and O–H groups in total. The molecule has 0 bridgehead atoms. The first-order chi connectivity index (χ1) is 7.43. The van der Waals surface area contributed by atoms with Crippen LogP contribution in [0.3, 0.4) is 0 Å². The molecule has 0 amide bonds. The summed E-state index contributed by atoms with van der Waals surface area (Å²) in [6.07, 6.45) is 1.45. The highest BCUT2D eigenvalue weighted by Gasteiger charge is 2.05. The molecule has 0 saturated carbocycles. The number of para-hydroxylation sites is 1. The molecule has 0 fully saturated rings. The number of H-pyrrole nitrogens is 1. The summed E-state index contributed by atoms with van der Waals surface area (Å²) in [5.74, 6) is 0.339. The van der Waals surface area contributed by atoms with Crippen LogP contribution in [0.1, 0.15) is 0 Å². The van der Waals surface area contributed by atoms with E-state index in [1.165, 1.54) is 11.0 Å². The van der Waals surface area contributed by atoms with Gasteiger partial charge in [0.15, 0.2) is 0 Å². The molecule has 0 spiro atoms. The molecule has 74 valence electrons. The predicted molar refractivity (Wildman–Crippen MR) is 49.9 cm³/mol. The van der Waals surface area contributed by atoms with E-state index >= 15 is 0 Å². The molecule has 7 heteroatoms. The molecule has 2 aromatic heterocycles. The van der Waals surface area contributed by atoms with E-state index in [-0.39, 0.29) is 0 Å². The lowest BCUT2D eigenvalue weighted by molar-refractivity contribution is 0.175. The van der Waals surface area contributed by atoms with Gasteiger partial charge in [0, 0.05) is 0 Å². The zero-order chi connectivity index (χ0) is 10.1. The summed E-state index contributed by atoms with van der Waals surface area (Å²) in [5.41, 5.74) is 1.54. The molecule has 1 aromatic carbocycles. The summed E-state index contributed by atoms with van der Waals surface area (Å²) in [6.45, 7) is 0. The number of nitrogens with one attached hydrogen (secondary N) is 1. The Labute approximate surface area is 83.6 Å². The van der Waals surface area contributed by atoms with Crippen molar-refractivity contribution in [2.24, 2.45) is 0 Å². The number of aromatic amines is 1. The standard InChI is InChI=1S/C8H6N6O/c1-2-4-7-6(3-1)10-13-14(7)15-8-5-9-12-11-8/h1-5H,(H,9,11,12). The summed E-state index contributed by atoms with van der Waals surface area (Å²) in [7, 11) is 0. The van der Waals surface area contributed by atoms with Crippen LogP contribution in [0.4, 0.5) is 0 Å². The Hall–Kier alpha value is -2.44. The topological polar surface area (TPSA) is 81.5 Å². The number of rotatable bonds is 2. The van der Waals surface area contributed by atoms with Crippen LogP contribution in [-0.2, 0) is 0 Å². The van der Waals surface area contributed by atoms with Crippen LogP contribution in [-0.4, -0.2) is 30.6 Å².